The molecular weight excluding hydrogens is 397 g/mol. The van der Waals surface area contributed by atoms with Crippen LogP contribution in [-0.4, -0.2) is 9.78 Å². The highest BCUT2D eigenvalue weighted by Crippen LogP contribution is 2.40. The van der Waals surface area contributed by atoms with Crippen molar-refractivity contribution in [2.24, 2.45) is 0 Å². The number of halogens is 2. The van der Waals surface area contributed by atoms with Crippen molar-refractivity contribution in [3.05, 3.63) is 75.7 Å². The van der Waals surface area contributed by atoms with Gasteiger partial charge in [0, 0.05) is 10.9 Å². The number of aromatic nitrogens is 2. The van der Waals surface area contributed by atoms with Crippen molar-refractivity contribution in [1.82, 2.24) is 9.78 Å². The normalized spacial score (nSPS) is 19.5. The van der Waals surface area contributed by atoms with Crippen LogP contribution in [0.15, 0.2) is 52.9 Å². The molecule has 1 saturated carbocycles. The SMILES string of the molecule is Fc1ccccc1NCn1nc(C2CCC(c3ccc(Cl)cc3)CC2)oc1=S. The third-order valence-electron chi connectivity index (χ3n) is 5.33. The van der Waals surface area contributed by atoms with Crippen molar-refractivity contribution in [2.45, 2.75) is 44.2 Å². The molecule has 7 heteroatoms. The fraction of sp³-hybridized carbons (Fsp3) is 0.333. The second kappa shape index (κ2) is 8.45. The van der Waals surface area contributed by atoms with Gasteiger partial charge < -0.3 is 9.73 Å². The number of hydrogen-bond donors (Lipinski definition) is 1. The quantitative estimate of drug-likeness (QED) is 0.480. The van der Waals surface area contributed by atoms with Crippen LogP contribution in [0, 0.1) is 10.7 Å². The van der Waals surface area contributed by atoms with Gasteiger partial charge in [-0.15, -0.1) is 5.10 Å². The van der Waals surface area contributed by atoms with Crippen LogP contribution in [0.1, 0.15) is 49.0 Å². The maximum atomic E-state index is 13.7. The van der Waals surface area contributed by atoms with Gasteiger partial charge in [0.15, 0.2) is 0 Å². The Labute approximate surface area is 173 Å². The highest BCUT2D eigenvalue weighted by Gasteiger charge is 2.27. The van der Waals surface area contributed by atoms with E-state index in [1.165, 1.54) is 11.6 Å². The van der Waals surface area contributed by atoms with E-state index in [9.17, 15) is 4.39 Å². The third-order valence-corrected chi connectivity index (χ3v) is 5.88. The number of nitrogens with one attached hydrogen (secondary N) is 1. The summed E-state index contributed by atoms with van der Waals surface area (Å²) in [6, 6.07) is 14.6. The number of nitrogens with zero attached hydrogens (tertiary/aromatic N) is 2. The van der Waals surface area contributed by atoms with Crippen molar-refractivity contribution in [3.63, 3.8) is 0 Å². The van der Waals surface area contributed by atoms with Crippen LogP contribution < -0.4 is 5.32 Å². The summed E-state index contributed by atoms with van der Waals surface area (Å²) in [6.07, 6.45) is 4.16. The number of hydrogen-bond acceptors (Lipinski definition) is 4. The van der Waals surface area contributed by atoms with E-state index >= 15 is 0 Å². The van der Waals surface area contributed by atoms with Crippen LogP contribution in [0.3, 0.4) is 0 Å². The highest BCUT2D eigenvalue weighted by atomic mass is 35.5. The summed E-state index contributed by atoms with van der Waals surface area (Å²) >= 11 is 11.3. The van der Waals surface area contributed by atoms with Crippen LogP contribution in [0.25, 0.3) is 0 Å². The Kier molecular flexibility index (Phi) is 5.78. The number of anilines is 1. The third kappa shape index (κ3) is 4.28. The van der Waals surface area contributed by atoms with Gasteiger partial charge in [0.2, 0.25) is 5.89 Å². The summed E-state index contributed by atoms with van der Waals surface area (Å²) in [7, 11) is 0. The van der Waals surface area contributed by atoms with Crippen LogP contribution in [-0.2, 0) is 6.67 Å². The summed E-state index contributed by atoms with van der Waals surface area (Å²) in [5.74, 6) is 1.18. The first kappa shape index (κ1) is 19.2. The largest absolute Gasteiger partial charge is 0.414 e. The van der Waals surface area contributed by atoms with E-state index in [1.807, 2.05) is 12.1 Å². The van der Waals surface area contributed by atoms with Gasteiger partial charge in [-0.05, 0) is 73.6 Å². The molecule has 0 amide bonds. The van der Waals surface area contributed by atoms with Crippen LogP contribution in [0.5, 0.6) is 0 Å². The van der Waals surface area contributed by atoms with Gasteiger partial charge >= 0.3 is 0 Å². The first-order chi connectivity index (χ1) is 13.6. The predicted octanol–water partition coefficient (Wildman–Crippen LogP) is 6.51. The maximum absolute atomic E-state index is 13.7. The molecule has 28 heavy (non-hydrogen) atoms. The molecule has 1 aromatic heterocycles. The van der Waals surface area contributed by atoms with E-state index in [0.717, 1.165) is 30.7 Å². The van der Waals surface area contributed by atoms with Crippen LogP contribution >= 0.6 is 23.8 Å². The first-order valence-corrected chi connectivity index (χ1v) is 10.2. The van der Waals surface area contributed by atoms with Gasteiger partial charge in [-0.3, -0.25) is 0 Å². The maximum Gasteiger partial charge on any atom is 0.288 e. The molecule has 1 aliphatic rings. The molecule has 0 radical (unpaired) electrons. The summed E-state index contributed by atoms with van der Waals surface area (Å²) < 4.78 is 21.1. The number of rotatable bonds is 5. The van der Waals surface area contributed by atoms with Crippen molar-refractivity contribution < 1.29 is 8.81 Å². The molecule has 4 nitrogen and oxygen atoms in total. The lowest BCUT2D eigenvalue weighted by atomic mass is 9.79. The first-order valence-electron chi connectivity index (χ1n) is 9.42. The van der Waals surface area contributed by atoms with Gasteiger partial charge in [0.1, 0.15) is 12.5 Å². The minimum absolute atomic E-state index is 0.264. The summed E-state index contributed by atoms with van der Waals surface area (Å²) in [5.41, 5.74) is 1.75. The van der Waals surface area contributed by atoms with E-state index in [1.54, 1.807) is 22.9 Å². The predicted molar refractivity (Wildman–Crippen MR) is 111 cm³/mol. The second-order valence-electron chi connectivity index (χ2n) is 7.12. The molecule has 1 N–H and O–H groups in total. The summed E-state index contributed by atoms with van der Waals surface area (Å²) in [6.45, 7) is 0.267. The Hall–Kier alpha value is -2.18. The molecule has 0 unspecified atom stereocenters. The average molecular weight is 418 g/mol. The minimum Gasteiger partial charge on any atom is -0.414 e. The number of para-hydroxylation sites is 1. The molecule has 0 aliphatic heterocycles. The molecule has 0 atom stereocenters. The average Bonchev–Trinajstić information content (AvgIpc) is 3.09. The lowest BCUT2D eigenvalue weighted by molar-refractivity contribution is 0.336. The molecule has 1 fully saturated rings. The van der Waals surface area contributed by atoms with Gasteiger partial charge in [-0.25, -0.2) is 9.07 Å². The molecule has 146 valence electrons. The molecule has 0 bridgehead atoms. The lowest BCUT2D eigenvalue weighted by Crippen LogP contribution is -2.14. The van der Waals surface area contributed by atoms with Gasteiger partial charge in [-0.2, -0.15) is 0 Å². The highest BCUT2D eigenvalue weighted by molar-refractivity contribution is 7.71. The van der Waals surface area contributed by atoms with Crippen molar-refractivity contribution in [1.29, 1.82) is 0 Å². The van der Waals surface area contributed by atoms with Gasteiger partial charge in [0.25, 0.3) is 4.84 Å². The van der Waals surface area contributed by atoms with Crippen molar-refractivity contribution in [2.75, 3.05) is 5.32 Å². The molecule has 0 saturated heterocycles. The van der Waals surface area contributed by atoms with Crippen LogP contribution in [0.4, 0.5) is 10.1 Å². The summed E-state index contributed by atoms with van der Waals surface area (Å²) in [5, 5.41) is 8.31. The van der Waals surface area contributed by atoms with E-state index in [-0.39, 0.29) is 18.4 Å². The van der Waals surface area contributed by atoms with Crippen LogP contribution in [0.2, 0.25) is 5.02 Å². The Morgan fingerprint density at radius 3 is 2.46 bits per heavy atom. The Bertz CT molecular complexity index is 993. The fourth-order valence-corrected chi connectivity index (χ4v) is 4.08. The van der Waals surface area contributed by atoms with E-state index in [4.69, 9.17) is 28.2 Å². The standard InChI is InChI=1S/C21H21ClFN3OS/c22-17-11-9-15(10-12-17)14-5-7-16(8-6-14)20-25-26(21(28)27-20)13-24-19-4-2-1-3-18(19)23/h1-4,9-12,14,16,24H,5-8,13H2. The van der Waals surface area contributed by atoms with Crippen molar-refractivity contribution in [3.8, 4) is 0 Å². The van der Waals surface area contributed by atoms with Gasteiger partial charge in [0.05, 0.1) is 5.69 Å². The smallest absolute Gasteiger partial charge is 0.288 e. The molecule has 1 heterocycles. The molecule has 2 aromatic carbocycles. The minimum atomic E-state index is -0.307. The second-order valence-corrected chi connectivity index (χ2v) is 7.91. The van der Waals surface area contributed by atoms with E-state index in [0.29, 0.717) is 22.3 Å². The molecular formula is C21H21ClFN3OS. The zero-order valence-corrected chi connectivity index (χ0v) is 16.8. The Morgan fingerprint density at radius 1 is 1.07 bits per heavy atom. The van der Waals surface area contributed by atoms with Gasteiger partial charge in [-0.1, -0.05) is 35.9 Å². The molecule has 3 aromatic rings. The topological polar surface area (TPSA) is 43.0 Å². The lowest BCUT2D eigenvalue weighted by Gasteiger charge is -2.26. The zero-order chi connectivity index (χ0) is 19.5. The Balaban J connectivity index is 1.38. The summed E-state index contributed by atoms with van der Waals surface area (Å²) in [4.78, 5) is 0.304. The van der Waals surface area contributed by atoms with E-state index < -0.39 is 0 Å². The molecule has 0 spiro atoms. The monoisotopic (exact) mass is 417 g/mol. The van der Waals surface area contributed by atoms with Crippen molar-refractivity contribution >= 4 is 29.5 Å². The number of benzene rings is 2. The molecule has 1 aliphatic carbocycles. The fourth-order valence-electron chi connectivity index (χ4n) is 3.76. The Morgan fingerprint density at radius 2 is 1.75 bits per heavy atom. The molecule has 4 rings (SSSR count). The van der Waals surface area contributed by atoms with E-state index in [2.05, 4.69) is 22.5 Å². The zero-order valence-electron chi connectivity index (χ0n) is 15.3.